The van der Waals surface area contributed by atoms with E-state index in [0.717, 1.165) is 17.0 Å². The zero-order valence-corrected chi connectivity index (χ0v) is 24.4. The zero-order chi connectivity index (χ0) is 30.9. The van der Waals surface area contributed by atoms with Gasteiger partial charge in [-0.2, -0.15) is 0 Å². The van der Waals surface area contributed by atoms with Crippen LogP contribution in [0.5, 0.6) is 23.0 Å². The van der Waals surface area contributed by atoms with Crippen LogP contribution in [-0.4, -0.2) is 58.9 Å². The second-order valence-corrected chi connectivity index (χ2v) is 11.5. The van der Waals surface area contributed by atoms with Gasteiger partial charge in [-0.05, 0) is 64.5 Å². The lowest BCUT2D eigenvalue weighted by molar-refractivity contribution is -0.123. The molecule has 4 atom stereocenters. The molecule has 1 fully saturated rings. The minimum absolute atomic E-state index is 0.0309. The predicted molar refractivity (Wildman–Crippen MR) is 153 cm³/mol. The first kappa shape index (κ1) is 28.4. The molecule has 0 radical (unpaired) electrons. The number of benzene rings is 2. The van der Waals surface area contributed by atoms with Crippen molar-refractivity contribution in [2.75, 3.05) is 19.1 Å². The fourth-order valence-electron chi connectivity index (χ4n) is 6.76. The largest absolute Gasteiger partial charge is 0.507 e. The van der Waals surface area contributed by atoms with E-state index >= 15 is 0 Å². The Hall–Kier alpha value is -4.71. The minimum Gasteiger partial charge on any atom is -0.507 e. The molecule has 6 rings (SSSR count). The van der Waals surface area contributed by atoms with E-state index in [9.17, 15) is 39.3 Å². The minimum atomic E-state index is -1.36. The molecule has 0 saturated carbocycles. The van der Waals surface area contributed by atoms with Gasteiger partial charge in [0.25, 0.3) is 0 Å². The first-order chi connectivity index (χ1) is 20.5. The van der Waals surface area contributed by atoms with Crippen molar-refractivity contribution >= 4 is 51.0 Å². The number of anilines is 1. The number of fused-ring (bicyclic) bond motifs is 3. The summed E-state index contributed by atoms with van der Waals surface area (Å²) in [5.74, 6) is -6.99. The molecule has 12 heteroatoms. The van der Waals surface area contributed by atoms with E-state index < -0.39 is 53.0 Å². The number of carbonyl (C=O) groups excluding carboxylic acids is 4. The van der Waals surface area contributed by atoms with Gasteiger partial charge in [0.05, 0.1) is 36.2 Å². The number of allylic oxidation sites excluding steroid dienone is 6. The summed E-state index contributed by atoms with van der Waals surface area (Å²) in [6.45, 7) is 0. The number of halogens is 1. The van der Waals surface area contributed by atoms with Gasteiger partial charge < -0.3 is 24.8 Å². The summed E-state index contributed by atoms with van der Waals surface area (Å²) >= 11 is 3.19. The summed E-state index contributed by atoms with van der Waals surface area (Å²) in [5, 5.41) is 30.1. The maximum atomic E-state index is 14.0. The van der Waals surface area contributed by atoms with Crippen LogP contribution in [0.2, 0.25) is 0 Å². The van der Waals surface area contributed by atoms with Crippen LogP contribution in [0, 0.1) is 17.8 Å². The summed E-state index contributed by atoms with van der Waals surface area (Å²) in [5.41, 5.74) is 1.28. The van der Waals surface area contributed by atoms with Crippen molar-refractivity contribution < 1.29 is 48.8 Å². The van der Waals surface area contributed by atoms with Crippen molar-refractivity contribution in [2.24, 2.45) is 17.8 Å². The van der Waals surface area contributed by atoms with Crippen LogP contribution >= 0.6 is 15.9 Å². The molecule has 43 heavy (non-hydrogen) atoms. The van der Waals surface area contributed by atoms with Gasteiger partial charge in [-0.15, -0.1) is 0 Å². The number of hydrogen-bond donors (Lipinski definition) is 3. The molecule has 3 aliphatic carbocycles. The number of aromatic hydroxyl groups is 2. The number of carboxylic acids is 1. The van der Waals surface area contributed by atoms with Crippen LogP contribution < -0.4 is 14.4 Å². The number of nitrogens with zero attached hydrogens (tertiary/aromatic N) is 1. The molecule has 4 aliphatic rings. The van der Waals surface area contributed by atoms with Crippen LogP contribution in [0.15, 0.2) is 63.7 Å². The first-order valence-corrected chi connectivity index (χ1v) is 14.1. The quantitative estimate of drug-likeness (QED) is 0.246. The van der Waals surface area contributed by atoms with Crippen molar-refractivity contribution in [1.82, 2.24) is 0 Å². The SMILES string of the molecule is COc1cc(C2C3=CCC4C(=O)N(c5ccc(C(=O)O)c(O)c5)C(=O)C4C3CC3=C2C(=O)C=C(Br)C3=O)cc(OC)c1O. The van der Waals surface area contributed by atoms with E-state index in [1.807, 2.05) is 6.08 Å². The number of Topliss-reactive ketones (excluding diaryl/α,β-unsaturated/α-hetero) is 1. The monoisotopic (exact) mass is 649 g/mol. The lowest BCUT2D eigenvalue weighted by Crippen LogP contribution is -2.39. The van der Waals surface area contributed by atoms with Crippen molar-refractivity contribution in [3.8, 4) is 23.0 Å². The Bertz CT molecular complexity index is 1740. The zero-order valence-electron chi connectivity index (χ0n) is 22.8. The standard InChI is InChI=1S/C31H24BrNO10/c1-42-22-7-12(8-23(43-2)28(22)37)24-14-5-6-16-25(17(14)10-18-26(24)21(35)11-19(32)27(18)36)30(39)33(29(16)38)13-3-4-15(31(40)41)20(34)9-13/h3-5,7-9,11,16-17,24-25,34,37H,6,10H2,1-2H3,(H,40,41). The van der Waals surface area contributed by atoms with E-state index in [2.05, 4.69) is 15.9 Å². The Kier molecular flexibility index (Phi) is 6.76. The van der Waals surface area contributed by atoms with Gasteiger partial charge >= 0.3 is 5.97 Å². The fraction of sp³-hybridized carbons (Fsp3) is 0.258. The number of carbonyl (C=O) groups is 5. The second kappa shape index (κ2) is 10.2. The van der Waals surface area contributed by atoms with E-state index in [1.165, 1.54) is 26.4 Å². The molecule has 1 heterocycles. The molecule has 0 aromatic heterocycles. The Labute approximate surface area is 252 Å². The molecular weight excluding hydrogens is 626 g/mol. The lowest BCUT2D eigenvalue weighted by atomic mass is 9.59. The number of carboxylic acid groups (broad SMARTS) is 1. The van der Waals surface area contributed by atoms with Crippen molar-refractivity contribution in [3.63, 3.8) is 0 Å². The first-order valence-electron chi connectivity index (χ1n) is 13.3. The number of ether oxygens (including phenoxy) is 2. The van der Waals surface area contributed by atoms with Crippen molar-refractivity contribution in [2.45, 2.75) is 18.8 Å². The topological polar surface area (TPSA) is 168 Å². The second-order valence-electron chi connectivity index (χ2n) is 10.7. The fourth-order valence-corrected chi connectivity index (χ4v) is 7.21. The van der Waals surface area contributed by atoms with Crippen LogP contribution in [0.3, 0.4) is 0 Å². The van der Waals surface area contributed by atoms with Crippen LogP contribution in [0.4, 0.5) is 5.69 Å². The van der Waals surface area contributed by atoms with Gasteiger partial charge in [0.15, 0.2) is 23.1 Å². The Morgan fingerprint density at radius 1 is 0.977 bits per heavy atom. The van der Waals surface area contributed by atoms with Crippen LogP contribution in [0.25, 0.3) is 0 Å². The van der Waals surface area contributed by atoms with E-state index in [0.29, 0.717) is 11.1 Å². The molecule has 2 aromatic carbocycles. The average Bonchev–Trinajstić information content (AvgIpc) is 3.24. The van der Waals surface area contributed by atoms with Gasteiger partial charge in [-0.25, -0.2) is 9.69 Å². The summed E-state index contributed by atoms with van der Waals surface area (Å²) in [6, 6.07) is 6.57. The highest BCUT2D eigenvalue weighted by Crippen LogP contribution is 2.56. The number of ketones is 2. The summed E-state index contributed by atoms with van der Waals surface area (Å²) < 4.78 is 10.8. The molecular formula is C31H24BrNO10. The Morgan fingerprint density at radius 3 is 2.26 bits per heavy atom. The normalized spacial score (nSPS) is 24.7. The Balaban J connectivity index is 1.49. The molecule has 11 nitrogen and oxygen atoms in total. The van der Waals surface area contributed by atoms with Crippen LogP contribution in [-0.2, 0) is 19.2 Å². The summed E-state index contributed by atoms with van der Waals surface area (Å²) in [7, 11) is 2.73. The third-order valence-corrected chi connectivity index (χ3v) is 9.23. The number of imide groups is 1. The molecule has 2 amide bonds. The number of methoxy groups -OCH3 is 2. The van der Waals surface area contributed by atoms with E-state index in [1.54, 1.807) is 12.1 Å². The number of phenols is 2. The maximum Gasteiger partial charge on any atom is 0.339 e. The Morgan fingerprint density at radius 2 is 1.65 bits per heavy atom. The summed E-state index contributed by atoms with van der Waals surface area (Å²) in [4.78, 5) is 66.9. The van der Waals surface area contributed by atoms with E-state index in [4.69, 9.17) is 9.47 Å². The molecule has 1 saturated heterocycles. The van der Waals surface area contributed by atoms with Gasteiger partial charge in [0.2, 0.25) is 17.6 Å². The van der Waals surface area contributed by atoms with Gasteiger partial charge in [0, 0.05) is 29.2 Å². The molecule has 220 valence electrons. The van der Waals surface area contributed by atoms with E-state index in [-0.39, 0.29) is 62.8 Å². The summed E-state index contributed by atoms with van der Waals surface area (Å²) in [6.07, 6.45) is 3.25. The van der Waals surface area contributed by atoms with Gasteiger partial charge in [-0.3, -0.25) is 19.2 Å². The highest BCUT2D eigenvalue weighted by molar-refractivity contribution is 9.12. The molecule has 0 spiro atoms. The maximum absolute atomic E-state index is 14.0. The molecule has 4 unspecified atom stereocenters. The number of hydrogen-bond acceptors (Lipinski definition) is 9. The molecule has 2 aromatic rings. The molecule has 3 N–H and O–H groups in total. The number of amides is 2. The number of aromatic carboxylic acids is 1. The lowest BCUT2D eigenvalue weighted by Gasteiger charge is -2.42. The van der Waals surface area contributed by atoms with Gasteiger partial charge in [0.1, 0.15) is 11.3 Å². The van der Waals surface area contributed by atoms with Gasteiger partial charge in [-0.1, -0.05) is 11.6 Å². The average molecular weight is 650 g/mol. The van der Waals surface area contributed by atoms with Crippen LogP contribution in [0.1, 0.15) is 34.7 Å². The van der Waals surface area contributed by atoms with Crippen molar-refractivity contribution in [3.05, 3.63) is 74.8 Å². The number of rotatable bonds is 5. The third-order valence-electron chi connectivity index (χ3n) is 8.64. The van der Waals surface area contributed by atoms with Crippen molar-refractivity contribution in [1.29, 1.82) is 0 Å². The highest BCUT2D eigenvalue weighted by atomic mass is 79.9. The predicted octanol–water partition coefficient (Wildman–Crippen LogP) is 3.78. The smallest absolute Gasteiger partial charge is 0.339 e. The number of phenolic OH excluding ortho intramolecular Hbond substituents is 1. The third kappa shape index (κ3) is 4.19. The molecule has 1 aliphatic heterocycles. The highest BCUT2D eigenvalue weighted by Gasteiger charge is 2.56. The molecule has 0 bridgehead atoms.